The lowest BCUT2D eigenvalue weighted by Gasteiger charge is -2.16. The monoisotopic (exact) mass is 368 g/mol. The van der Waals surface area contributed by atoms with E-state index in [0.29, 0.717) is 29.1 Å². The molecule has 0 saturated heterocycles. The topological polar surface area (TPSA) is 84.4 Å². The summed E-state index contributed by atoms with van der Waals surface area (Å²) in [5.41, 5.74) is 0.636. The molecule has 2 aromatic rings. The largest absolute Gasteiger partial charge is 0.492 e. The van der Waals surface area contributed by atoms with E-state index >= 15 is 0 Å². The van der Waals surface area contributed by atoms with Gasteiger partial charge in [-0.3, -0.25) is 0 Å². The van der Waals surface area contributed by atoms with Gasteiger partial charge in [0.1, 0.15) is 16.5 Å². The number of hydrogen-bond donors (Lipinski definition) is 1. The number of rotatable bonds is 7. The summed E-state index contributed by atoms with van der Waals surface area (Å²) in [6.45, 7) is 2.21. The van der Waals surface area contributed by atoms with Crippen LogP contribution in [-0.2, 0) is 10.0 Å². The van der Waals surface area contributed by atoms with Gasteiger partial charge in [0.05, 0.1) is 6.61 Å². The van der Waals surface area contributed by atoms with Crippen LogP contribution in [0.1, 0.15) is 31.5 Å². The molecule has 7 nitrogen and oxygen atoms in total. The predicted molar refractivity (Wildman–Crippen MR) is 93.7 cm³/mol. The summed E-state index contributed by atoms with van der Waals surface area (Å²) >= 11 is 1.28. The van der Waals surface area contributed by atoms with Crippen LogP contribution in [0.3, 0.4) is 0 Å². The van der Waals surface area contributed by atoms with Gasteiger partial charge in [-0.25, -0.2) is 17.7 Å². The molecule has 0 spiro atoms. The Balaban J connectivity index is 1.90. The van der Waals surface area contributed by atoms with Gasteiger partial charge in [-0.1, -0.05) is 0 Å². The average molecular weight is 368 g/mol. The van der Waals surface area contributed by atoms with Crippen molar-refractivity contribution in [1.82, 2.24) is 13.7 Å². The Labute approximate surface area is 145 Å². The van der Waals surface area contributed by atoms with Gasteiger partial charge in [-0.05, 0) is 38.0 Å². The molecule has 1 saturated carbocycles. The van der Waals surface area contributed by atoms with Crippen LogP contribution in [0.5, 0.6) is 5.75 Å². The average Bonchev–Trinajstić information content (AvgIpc) is 3.29. The minimum atomic E-state index is -3.61. The molecule has 0 amide bonds. The molecule has 1 N–H and O–H groups in total. The summed E-state index contributed by atoms with van der Waals surface area (Å²) < 4.78 is 36.0. The third-order valence-corrected chi connectivity index (χ3v) is 6.12. The van der Waals surface area contributed by atoms with Gasteiger partial charge in [0, 0.05) is 37.2 Å². The molecule has 1 aliphatic carbocycles. The molecule has 1 heterocycles. The summed E-state index contributed by atoms with van der Waals surface area (Å²) in [5.74, 6) is 1.70. The van der Waals surface area contributed by atoms with Crippen LogP contribution < -0.4 is 10.1 Å². The maximum absolute atomic E-state index is 12.5. The van der Waals surface area contributed by atoms with Crippen LogP contribution in [0.15, 0.2) is 23.1 Å². The first-order valence-corrected chi connectivity index (χ1v) is 9.93. The fourth-order valence-electron chi connectivity index (χ4n) is 2.18. The summed E-state index contributed by atoms with van der Waals surface area (Å²) in [4.78, 5) is 4.59. The van der Waals surface area contributed by atoms with Crippen LogP contribution in [0.2, 0.25) is 0 Å². The van der Waals surface area contributed by atoms with Crippen molar-refractivity contribution >= 4 is 32.4 Å². The molecule has 0 bridgehead atoms. The second-order valence-corrected chi connectivity index (χ2v) is 8.61. The molecule has 1 aromatic carbocycles. The number of nitrogens with zero attached hydrogens (tertiary/aromatic N) is 3. The van der Waals surface area contributed by atoms with E-state index in [9.17, 15) is 8.42 Å². The van der Waals surface area contributed by atoms with E-state index in [1.807, 2.05) is 6.92 Å². The molecule has 9 heteroatoms. The molecule has 0 aliphatic heterocycles. The molecular weight excluding hydrogens is 348 g/mol. The van der Waals surface area contributed by atoms with Crippen LogP contribution in [0, 0.1) is 0 Å². The van der Waals surface area contributed by atoms with Crippen molar-refractivity contribution in [2.75, 3.05) is 26.0 Å². The first kappa shape index (κ1) is 17.1. The van der Waals surface area contributed by atoms with Gasteiger partial charge in [0.25, 0.3) is 0 Å². The number of nitrogens with one attached hydrogen (secondary N) is 1. The van der Waals surface area contributed by atoms with Crippen molar-refractivity contribution in [1.29, 1.82) is 0 Å². The zero-order chi connectivity index (χ0) is 17.3. The van der Waals surface area contributed by atoms with Crippen LogP contribution in [0.25, 0.3) is 0 Å². The Bertz CT molecular complexity index is 829. The Morgan fingerprint density at radius 3 is 2.75 bits per heavy atom. The van der Waals surface area contributed by atoms with Crippen LogP contribution >= 0.6 is 11.5 Å². The lowest BCUT2D eigenvalue weighted by molar-refractivity contribution is 0.330. The Morgan fingerprint density at radius 2 is 2.12 bits per heavy atom. The van der Waals surface area contributed by atoms with E-state index in [-0.39, 0.29) is 4.90 Å². The quantitative estimate of drug-likeness (QED) is 0.809. The number of hydrogen-bond acceptors (Lipinski definition) is 7. The standard InChI is InChI=1S/C15H20N4O3S2/c1-4-22-12-8-7-11(9-13(12)24(20,21)19(2)3)16-15-17-14(18-23-15)10-5-6-10/h7-10H,4-6H2,1-3H3,(H,16,17,18). The molecule has 1 aromatic heterocycles. The molecule has 1 fully saturated rings. The minimum absolute atomic E-state index is 0.131. The Hall–Kier alpha value is -1.71. The fourth-order valence-corrected chi connectivity index (χ4v) is 3.89. The normalized spacial score (nSPS) is 14.8. The van der Waals surface area contributed by atoms with Crippen molar-refractivity contribution in [2.24, 2.45) is 0 Å². The SMILES string of the molecule is CCOc1ccc(Nc2nc(C3CC3)ns2)cc1S(=O)(=O)N(C)C. The van der Waals surface area contributed by atoms with Crippen molar-refractivity contribution in [2.45, 2.75) is 30.6 Å². The Kier molecular flexibility index (Phi) is 4.75. The smallest absolute Gasteiger partial charge is 0.246 e. The number of ether oxygens (including phenoxy) is 1. The fraction of sp³-hybridized carbons (Fsp3) is 0.467. The highest BCUT2D eigenvalue weighted by atomic mass is 32.2. The van der Waals surface area contributed by atoms with E-state index < -0.39 is 10.0 Å². The first-order valence-electron chi connectivity index (χ1n) is 7.72. The van der Waals surface area contributed by atoms with Crippen LogP contribution in [0.4, 0.5) is 10.8 Å². The van der Waals surface area contributed by atoms with Gasteiger partial charge >= 0.3 is 0 Å². The second-order valence-electron chi connectivity index (χ2n) is 5.74. The van der Waals surface area contributed by atoms with Gasteiger partial charge in [0.15, 0.2) is 0 Å². The maximum atomic E-state index is 12.5. The molecule has 1 aliphatic rings. The van der Waals surface area contributed by atoms with Crippen molar-refractivity contribution in [3.8, 4) is 5.75 Å². The third kappa shape index (κ3) is 3.52. The van der Waals surface area contributed by atoms with E-state index in [4.69, 9.17) is 4.74 Å². The van der Waals surface area contributed by atoms with Crippen molar-refractivity contribution < 1.29 is 13.2 Å². The van der Waals surface area contributed by atoms with Crippen molar-refractivity contribution in [3.05, 3.63) is 24.0 Å². The van der Waals surface area contributed by atoms with Crippen LogP contribution in [-0.4, -0.2) is 42.8 Å². The van der Waals surface area contributed by atoms with E-state index in [0.717, 1.165) is 18.7 Å². The summed E-state index contributed by atoms with van der Waals surface area (Å²) in [6, 6.07) is 5.00. The molecule has 0 atom stereocenters. The number of aromatic nitrogens is 2. The van der Waals surface area contributed by atoms with Gasteiger partial charge < -0.3 is 10.1 Å². The highest BCUT2D eigenvalue weighted by Crippen LogP contribution is 2.39. The summed E-state index contributed by atoms with van der Waals surface area (Å²) in [5, 5.41) is 3.80. The van der Waals surface area contributed by atoms with Crippen molar-refractivity contribution in [3.63, 3.8) is 0 Å². The lowest BCUT2D eigenvalue weighted by Crippen LogP contribution is -2.23. The molecular formula is C15H20N4O3S2. The highest BCUT2D eigenvalue weighted by Gasteiger charge is 2.28. The predicted octanol–water partition coefficient (Wildman–Crippen LogP) is 2.81. The second kappa shape index (κ2) is 6.66. The van der Waals surface area contributed by atoms with E-state index in [2.05, 4.69) is 14.7 Å². The first-order chi connectivity index (χ1) is 11.4. The zero-order valence-electron chi connectivity index (χ0n) is 13.8. The highest BCUT2D eigenvalue weighted by molar-refractivity contribution is 7.89. The number of anilines is 2. The maximum Gasteiger partial charge on any atom is 0.246 e. The Morgan fingerprint density at radius 1 is 1.38 bits per heavy atom. The number of benzene rings is 1. The third-order valence-electron chi connectivity index (χ3n) is 3.64. The molecule has 24 heavy (non-hydrogen) atoms. The molecule has 130 valence electrons. The number of sulfonamides is 1. The zero-order valence-corrected chi connectivity index (χ0v) is 15.4. The minimum Gasteiger partial charge on any atom is -0.492 e. The van der Waals surface area contributed by atoms with Gasteiger partial charge in [-0.2, -0.15) is 4.37 Å². The summed E-state index contributed by atoms with van der Waals surface area (Å²) in [7, 11) is -0.611. The summed E-state index contributed by atoms with van der Waals surface area (Å²) in [6.07, 6.45) is 2.29. The van der Waals surface area contributed by atoms with E-state index in [1.54, 1.807) is 18.2 Å². The van der Waals surface area contributed by atoms with Gasteiger partial charge in [-0.15, -0.1) is 0 Å². The molecule has 3 rings (SSSR count). The molecule has 0 unspecified atom stereocenters. The lowest BCUT2D eigenvalue weighted by atomic mass is 10.3. The molecule has 0 radical (unpaired) electrons. The van der Waals surface area contributed by atoms with Gasteiger partial charge in [0.2, 0.25) is 15.2 Å². The van der Waals surface area contributed by atoms with E-state index in [1.165, 1.54) is 29.9 Å².